The van der Waals surface area contributed by atoms with Gasteiger partial charge in [-0.25, -0.2) is 0 Å². The third-order valence-electron chi connectivity index (χ3n) is 6.50. The molecule has 0 aromatic rings. The Kier molecular flexibility index (Phi) is 20.8. The summed E-state index contributed by atoms with van der Waals surface area (Å²) in [5, 5.41) is 0. The van der Waals surface area contributed by atoms with E-state index in [4.69, 9.17) is 9.47 Å². The Hall–Kier alpha value is -1.06. The maximum Gasteiger partial charge on any atom is 0.305 e. The highest BCUT2D eigenvalue weighted by Gasteiger charge is 2.15. The van der Waals surface area contributed by atoms with Crippen LogP contribution in [0.4, 0.5) is 0 Å². The molecule has 0 saturated carbocycles. The molecule has 1 unspecified atom stereocenters. The highest BCUT2D eigenvalue weighted by atomic mass is 16.5. The van der Waals surface area contributed by atoms with Crippen molar-refractivity contribution in [3.63, 3.8) is 0 Å². The predicted molar refractivity (Wildman–Crippen MR) is 139 cm³/mol. The Labute approximate surface area is 206 Å². The molecule has 0 radical (unpaired) electrons. The normalized spacial score (nSPS) is 12.5. The van der Waals surface area contributed by atoms with Crippen LogP contribution < -0.4 is 0 Å². The van der Waals surface area contributed by atoms with Gasteiger partial charge in [0.15, 0.2) is 0 Å². The number of hydrogen-bond donors (Lipinski definition) is 0. The van der Waals surface area contributed by atoms with Gasteiger partial charge in [-0.05, 0) is 62.2 Å². The summed E-state index contributed by atoms with van der Waals surface area (Å²) in [5.74, 6) is 2.56. The van der Waals surface area contributed by atoms with E-state index < -0.39 is 0 Å². The van der Waals surface area contributed by atoms with E-state index in [1.54, 1.807) is 0 Å². The van der Waals surface area contributed by atoms with E-state index in [1.165, 1.54) is 38.5 Å². The molecule has 0 aromatic carbocycles. The molecule has 0 N–H and O–H groups in total. The molecule has 0 heterocycles. The molecule has 4 heteroatoms. The standard InChI is InChI=1S/C29H56O4/c1-24(2)16-12-14-22-32-28(30)19-11-9-7-8-10-18-27(26(5)6)20-21-29(31)33-23-15-13-17-25(3)4/h24-27H,7-23H2,1-6H3. The van der Waals surface area contributed by atoms with Gasteiger partial charge in [-0.2, -0.15) is 0 Å². The van der Waals surface area contributed by atoms with E-state index in [0.29, 0.717) is 37.9 Å². The lowest BCUT2D eigenvalue weighted by molar-refractivity contribution is -0.145. The van der Waals surface area contributed by atoms with Gasteiger partial charge in [-0.3, -0.25) is 9.59 Å². The molecule has 0 aliphatic carbocycles. The SMILES string of the molecule is CC(C)CCCCOC(=O)CCCCCCCC(CCC(=O)OCCCCC(C)C)C(C)C. The van der Waals surface area contributed by atoms with Gasteiger partial charge in [0.2, 0.25) is 0 Å². The van der Waals surface area contributed by atoms with Gasteiger partial charge in [-0.1, -0.05) is 86.5 Å². The summed E-state index contributed by atoms with van der Waals surface area (Å²) in [6.07, 6.45) is 15.5. The molecule has 196 valence electrons. The van der Waals surface area contributed by atoms with Crippen LogP contribution in [0.5, 0.6) is 0 Å². The van der Waals surface area contributed by atoms with Crippen LogP contribution in [0.3, 0.4) is 0 Å². The molecule has 0 bridgehead atoms. The second-order valence-electron chi connectivity index (χ2n) is 11.1. The second-order valence-corrected chi connectivity index (χ2v) is 11.1. The van der Waals surface area contributed by atoms with Crippen molar-refractivity contribution in [2.75, 3.05) is 13.2 Å². The summed E-state index contributed by atoms with van der Waals surface area (Å²) in [7, 11) is 0. The lowest BCUT2D eigenvalue weighted by Crippen LogP contribution is -2.13. The zero-order valence-electron chi connectivity index (χ0n) is 23.0. The molecule has 0 rings (SSSR count). The summed E-state index contributed by atoms with van der Waals surface area (Å²) in [6.45, 7) is 14.6. The average molecular weight is 469 g/mol. The molecule has 0 aromatic heterocycles. The van der Waals surface area contributed by atoms with Crippen molar-refractivity contribution in [3.8, 4) is 0 Å². The van der Waals surface area contributed by atoms with Crippen LogP contribution in [0.25, 0.3) is 0 Å². The summed E-state index contributed by atoms with van der Waals surface area (Å²) in [5.41, 5.74) is 0. The highest BCUT2D eigenvalue weighted by Crippen LogP contribution is 2.24. The van der Waals surface area contributed by atoms with Crippen molar-refractivity contribution < 1.29 is 19.1 Å². The van der Waals surface area contributed by atoms with Gasteiger partial charge in [-0.15, -0.1) is 0 Å². The number of ether oxygens (including phenoxy) is 2. The van der Waals surface area contributed by atoms with Crippen LogP contribution in [0.15, 0.2) is 0 Å². The Morgan fingerprint density at radius 3 is 1.48 bits per heavy atom. The molecule has 0 saturated heterocycles. The first-order valence-corrected chi connectivity index (χ1v) is 14.0. The van der Waals surface area contributed by atoms with E-state index >= 15 is 0 Å². The van der Waals surface area contributed by atoms with Crippen molar-refractivity contribution in [2.45, 2.75) is 138 Å². The van der Waals surface area contributed by atoms with Gasteiger partial charge in [0.05, 0.1) is 13.2 Å². The van der Waals surface area contributed by atoms with Crippen LogP contribution in [-0.2, 0) is 19.1 Å². The van der Waals surface area contributed by atoms with E-state index in [2.05, 4.69) is 41.5 Å². The fourth-order valence-corrected chi connectivity index (χ4v) is 4.15. The Morgan fingerprint density at radius 1 is 0.515 bits per heavy atom. The molecular weight excluding hydrogens is 412 g/mol. The van der Waals surface area contributed by atoms with Crippen molar-refractivity contribution in [1.29, 1.82) is 0 Å². The van der Waals surface area contributed by atoms with Crippen LogP contribution in [0, 0.1) is 23.7 Å². The van der Waals surface area contributed by atoms with Gasteiger partial charge in [0.25, 0.3) is 0 Å². The van der Waals surface area contributed by atoms with E-state index in [-0.39, 0.29) is 11.9 Å². The second kappa shape index (κ2) is 21.5. The summed E-state index contributed by atoms with van der Waals surface area (Å²) >= 11 is 0. The maximum atomic E-state index is 12.0. The Morgan fingerprint density at radius 2 is 0.970 bits per heavy atom. The monoisotopic (exact) mass is 468 g/mol. The molecule has 1 atom stereocenters. The van der Waals surface area contributed by atoms with Gasteiger partial charge in [0, 0.05) is 12.8 Å². The number of esters is 2. The number of unbranched alkanes of at least 4 members (excludes halogenated alkanes) is 6. The third-order valence-corrected chi connectivity index (χ3v) is 6.50. The molecule has 33 heavy (non-hydrogen) atoms. The van der Waals surface area contributed by atoms with Gasteiger partial charge < -0.3 is 9.47 Å². The highest BCUT2D eigenvalue weighted by molar-refractivity contribution is 5.69. The fraction of sp³-hybridized carbons (Fsp3) is 0.931. The average Bonchev–Trinajstić information content (AvgIpc) is 2.73. The van der Waals surface area contributed by atoms with Crippen molar-refractivity contribution >= 4 is 11.9 Å². The summed E-state index contributed by atoms with van der Waals surface area (Å²) in [4.78, 5) is 23.8. The minimum absolute atomic E-state index is 0.0306. The fourth-order valence-electron chi connectivity index (χ4n) is 4.15. The summed E-state index contributed by atoms with van der Waals surface area (Å²) < 4.78 is 10.7. The van der Waals surface area contributed by atoms with Crippen molar-refractivity contribution in [3.05, 3.63) is 0 Å². The van der Waals surface area contributed by atoms with Crippen molar-refractivity contribution in [1.82, 2.24) is 0 Å². The molecule has 0 aliphatic heterocycles. The molecule has 0 spiro atoms. The molecule has 0 aliphatic rings. The Bertz CT molecular complexity index is 470. The van der Waals surface area contributed by atoms with E-state index in [1.807, 2.05) is 0 Å². The molecule has 4 nitrogen and oxygen atoms in total. The van der Waals surface area contributed by atoms with Crippen molar-refractivity contribution in [2.24, 2.45) is 23.7 Å². The first-order chi connectivity index (χ1) is 15.7. The van der Waals surface area contributed by atoms with E-state index in [0.717, 1.165) is 56.8 Å². The van der Waals surface area contributed by atoms with Gasteiger partial charge >= 0.3 is 11.9 Å². The smallest absolute Gasteiger partial charge is 0.305 e. The lowest BCUT2D eigenvalue weighted by atomic mass is 9.86. The topological polar surface area (TPSA) is 52.6 Å². The number of carbonyl (C=O) groups excluding carboxylic acids is 2. The quantitative estimate of drug-likeness (QED) is 0.118. The van der Waals surface area contributed by atoms with Crippen LogP contribution in [0.2, 0.25) is 0 Å². The van der Waals surface area contributed by atoms with Crippen LogP contribution in [-0.4, -0.2) is 25.2 Å². The van der Waals surface area contributed by atoms with Crippen LogP contribution in [0.1, 0.15) is 138 Å². The zero-order chi connectivity index (χ0) is 24.9. The first kappa shape index (κ1) is 31.9. The molecular formula is C29H56O4. The third kappa shape index (κ3) is 22.5. The van der Waals surface area contributed by atoms with Crippen LogP contribution >= 0.6 is 0 Å². The molecule has 0 amide bonds. The largest absolute Gasteiger partial charge is 0.466 e. The minimum Gasteiger partial charge on any atom is -0.466 e. The minimum atomic E-state index is -0.0359. The number of rotatable bonds is 22. The first-order valence-electron chi connectivity index (χ1n) is 14.0. The van der Waals surface area contributed by atoms with E-state index in [9.17, 15) is 9.59 Å². The zero-order valence-corrected chi connectivity index (χ0v) is 23.0. The Balaban J connectivity index is 3.70. The summed E-state index contributed by atoms with van der Waals surface area (Å²) in [6, 6.07) is 0. The van der Waals surface area contributed by atoms with Gasteiger partial charge in [0.1, 0.15) is 0 Å². The number of hydrogen-bond acceptors (Lipinski definition) is 4. The lowest BCUT2D eigenvalue weighted by Gasteiger charge is -2.20. The maximum absolute atomic E-state index is 12.0. The number of carbonyl (C=O) groups is 2. The predicted octanol–water partition coefficient (Wildman–Crippen LogP) is 8.51. The molecule has 0 fully saturated rings.